The summed E-state index contributed by atoms with van der Waals surface area (Å²) in [6, 6.07) is 31.1. The maximum absolute atomic E-state index is 13.6. The lowest BCUT2D eigenvalue weighted by molar-refractivity contribution is 0.807. The van der Waals surface area contributed by atoms with Gasteiger partial charge in [0.2, 0.25) is 0 Å². The molecule has 246 valence electrons. The lowest BCUT2D eigenvalue weighted by Gasteiger charge is -2.24. The molecule has 1 aliphatic carbocycles. The molecule has 2 aromatic heterocycles. The van der Waals surface area contributed by atoms with Gasteiger partial charge in [0.1, 0.15) is 11.6 Å². The van der Waals surface area contributed by atoms with Gasteiger partial charge in [0.25, 0.3) is 0 Å². The van der Waals surface area contributed by atoms with Crippen LogP contribution >= 0.6 is 12.1 Å². The fourth-order valence-corrected chi connectivity index (χ4v) is 6.28. The van der Waals surface area contributed by atoms with E-state index in [0.717, 1.165) is 29.3 Å². The number of aromatic amines is 1. The zero-order valence-corrected chi connectivity index (χ0v) is 29.6. The van der Waals surface area contributed by atoms with Crippen LogP contribution in [0.1, 0.15) is 87.9 Å². The van der Waals surface area contributed by atoms with Crippen molar-refractivity contribution in [2.45, 2.75) is 71.1 Å². The molecule has 4 nitrogen and oxygen atoms in total. The standard InChI is InChI=1S/C27H27FN2S.C12H10N2.C3H8/c1-18(2)23-16-21(20-10-6-5-7-11-20)17-24(19(3)4)26(23)30-15-14-29-27(30)22-12-8-9-13-25(22)31-28;1-2-4-10-8-11(7-9(10)3-1)12-13-5-6-14-12;1-3-2/h5-19H,1-4H3;1-7H,8H2,(H,13,14);3H2,1-2H3. The molecule has 2 heterocycles. The summed E-state index contributed by atoms with van der Waals surface area (Å²) in [5, 5.41) is 0. The highest BCUT2D eigenvalue weighted by molar-refractivity contribution is 7.94. The molecule has 0 saturated heterocycles. The SMILES string of the molecule is C1=C(c2ncc[nH]2)Cc2ccccc21.CC(C)c1cc(-c2ccccc2)cc(C(C)C)c1-n1ccnc1-c1ccccc1SF.CCC. The van der Waals surface area contributed by atoms with Crippen molar-refractivity contribution in [3.63, 3.8) is 0 Å². The van der Waals surface area contributed by atoms with E-state index in [1.54, 1.807) is 18.5 Å². The molecule has 6 heteroatoms. The van der Waals surface area contributed by atoms with Gasteiger partial charge in [-0.1, -0.05) is 121 Å². The average molecular weight is 657 g/mol. The zero-order valence-electron chi connectivity index (χ0n) is 28.7. The Morgan fingerprint density at radius 1 is 0.792 bits per heavy atom. The molecular weight excluding hydrogens is 612 g/mol. The van der Waals surface area contributed by atoms with Crippen LogP contribution in [-0.4, -0.2) is 19.5 Å². The van der Waals surface area contributed by atoms with Crippen molar-refractivity contribution in [2.24, 2.45) is 0 Å². The number of allylic oxidation sites excluding steroid dienone is 1. The van der Waals surface area contributed by atoms with Gasteiger partial charge in [0.15, 0.2) is 0 Å². The van der Waals surface area contributed by atoms with Crippen LogP contribution in [-0.2, 0) is 6.42 Å². The van der Waals surface area contributed by atoms with Crippen molar-refractivity contribution in [3.8, 4) is 28.2 Å². The normalized spacial score (nSPS) is 11.8. The number of nitrogens with one attached hydrogen (secondary N) is 1. The van der Waals surface area contributed by atoms with Crippen molar-refractivity contribution in [1.29, 1.82) is 0 Å². The Balaban J connectivity index is 0.000000218. The third kappa shape index (κ3) is 7.88. The molecule has 0 saturated carbocycles. The fraction of sp³-hybridized carbons (Fsp3) is 0.238. The first kappa shape index (κ1) is 34.6. The summed E-state index contributed by atoms with van der Waals surface area (Å²) in [6.07, 6.45) is 11.9. The van der Waals surface area contributed by atoms with Gasteiger partial charge >= 0.3 is 0 Å². The van der Waals surface area contributed by atoms with E-state index in [0.29, 0.717) is 16.7 Å². The predicted octanol–water partition coefficient (Wildman–Crippen LogP) is 12.4. The highest BCUT2D eigenvalue weighted by Crippen LogP contribution is 2.39. The van der Waals surface area contributed by atoms with Gasteiger partial charge in [-0.2, -0.15) is 3.89 Å². The second-order valence-electron chi connectivity index (χ2n) is 12.6. The Morgan fingerprint density at radius 3 is 2.06 bits per heavy atom. The molecule has 6 aromatic rings. The number of hydrogen-bond donors (Lipinski definition) is 1. The number of fused-ring (bicyclic) bond motifs is 1. The van der Waals surface area contributed by atoms with Crippen molar-refractivity contribution in [1.82, 2.24) is 19.5 Å². The van der Waals surface area contributed by atoms with E-state index in [2.05, 4.69) is 128 Å². The topological polar surface area (TPSA) is 46.5 Å². The van der Waals surface area contributed by atoms with Crippen LogP contribution in [0, 0.1) is 0 Å². The van der Waals surface area contributed by atoms with Crippen LogP contribution in [0.5, 0.6) is 0 Å². The number of halogens is 1. The van der Waals surface area contributed by atoms with Crippen molar-refractivity contribution in [2.75, 3.05) is 0 Å². The van der Waals surface area contributed by atoms with Gasteiger partial charge in [-0.05, 0) is 75.1 Å². The number of hydrogen-bond acceptors (Lipinski definition) is 3. The van der Waals surface area contributed by atoms with Crippen LogP contribution < -0.4 is 0 Å². The van der Waals surface area contributed by atoms with E-state index in [1.807, 2.05) is 36.7 Å². The summed E-state index contributed by atoms with van der Waals surface area (Å²) in [6.45, 7) is 13.1. The van der Waals surface area contributed by atoms with Crippen LogP contribution in [0.15, 0.2) is 121 Å². The van der Waals surface area contributed by atoms with Gasteiger partial charge in [-0.3, -0.25) is 4.57 Å². The molecule has 7 rings (SSSR count). The molecule has 4 aromatic carbocycles. The zero-order chi connectivity index (χ0) is 34.0. The molecule has 0 spiro atoms. The van der Waals surface area contributed by atoms with E-state index in [-0.39, 0.29) is 12.1 Å². The highest BCUT2D eigenvalue weighted by atomic mass is 32.2. The molecule has 0 radical (unpaired) electrons. The number of aromatic nitrogens is 4. The quantitative estimate of drug-likeness (QED) is 0.186. The summed E-state index contributed by atoms with van der Waals surface area (Å²) < 4.78 is 15.8. The first-order valence-corrected chi connectivity index (χ1v) is 17.5. The average Bonchev–Trinajstić information content (AvgIpc) is 3.90. The number of nitrogens with zero attached hydrogens (tertiary/aromatic N) is 3. The number of imidazole rings is 2. The summed E-state index contributed by atoms with van der Waals surface area (Å²) >= 11 is 0.265. The molecule has 48 heavy (non-hydrogen) atoms. The minimum Gasteiger partial charge on any atom is -0.345 e. The predicted molar refractivity (Wildman–Crippen MR) is 202 cm³/mol. The fourth-order valence-electron chi connectivity index (χ4n) is 5.91. The maximum atomic E-state index is 13.6. The van der Waals surface area contributed by atoms with E-state index in [9.17, 15) is 3.89 Å². The lowest BCUT2D eigenvalue weighted by Crippen LogP contribution is -2.09. The lowest BCUT2D eigenvalue weighted by atomic mass is 9.88. The highest BCUT2D eigenvalue weighted by Gasteiger charge is 2.22. The Kier molecular flexibility index (Phi) is 11.9. The molecule has 0 atom stereocenters. The smallest absolute Gasteiger partial charge is 0.145 e. The van der Waals surface area contributed by atoms with Crippen LogP contribution in [0.2, 0.25) is 0 Å². The second kappa shape index (κ2) is 16.4. The molecule has 1 aliphatic rings. The largest absolute Gasteiger partial charge is 0.345 e. The second-order valence-corrected chi connectivity index (χ2v) is 13.2. The minimum atomic E-state index is 0.265. The summed E-state index contributed by atoms with van der Waals surface area (Å²) in [4.78, 5) is 12.6. The van der Waals surface area contributed by atoms with Crippen LogP contribution in [0.3, 0.4) is 0 Å². The van der Waals surface area contributed by atoms with Gasteiger partial charge in [-0.15, -0.1) is 0 Å². The Bertz CT molecular complexity index is 1910. The Labute approximate surface area is 289 Å². The van der Waals surface area contributed by atoms with E-state index < -0.39 is 0 Å². The monoisotopic (exact) mass is 656 g/mol. The Hall–Kier alpha value is -4.68. The third-order valence-corrected chi connectivity index (χ3v) is 8.70. The first-order valence-electron chi connectivity index (χ1n) is 16.8. The van der Waals surface area contributed by atoms with Gasteiger partial charge in [0, 0.05) is 36.8 Å². The van der Waals surface area contributed by atoms with E-state index >= 15 is 0 Å². The molecule has 0 unspecified atom stereocenters. The number of H-pyrrole nitrogens is 1. The van der Waals surface area contributed by atoms with E-state index in [4.69, 9.17) is 0 Å². The van der Waals surface area contributed by atoms with Gasteiger partial charge in [0.05, 0.1) is 22.7 Å². The molecule has 0 aliphatic heterocycles. The van der Waals surface area contributed by atoms with Gasteiger partial charge in [-0.25, -0.2) is 9.97 Å². The molecule has 0 bridgehead atoms. The molecule has 1 N–H and O–H groups in total. The first-order chi connectivity index (χ1) is 23.4. The summed E-state index contributed by atoms with van der Waals surface area (Å²) in [5.41, 5.74) is 10.9. The Morgan fingerprint density at radius 2 is 1.44 bits per heavy atom. The summed E-state index contributed by atoms with van der Waals surface area (Å²) in [5.74, 6) is 2.38. The van der Waals surface area contributed by atoms with Crippen LogP contribution in [0.25, 0.3) is 39.9 Å². The number of benzene rings is 4. The summed E-state index contributed by atoms with van der Waals surface area (Å²) in [7, 11) is 0. The molecular formula is C42H45FN4S. The molecule has 0 fully saturated rings. The van der Waals surface area contributed by atoms with Crippen molar-refractivity contribution in [3.05, 3.63) is 144 Å². The van der Waals surface area contributed by atoms with Crippen molar-refractivity contribution < 1.29 is 3.89 Å². The maximum Gasteiger partial charge on any atom is 0.145 e. The van der Waals surface area contributed by atoms with Crippen LogP contribution in [0.4, 0.5) is 3.89 Å². The van der Waals surface area contributed by atoms with Crippen molar-refractivity contribution >= 4 is 23.8 Å². The van der Waals surface area contributed by atoms with E-state index in [1.165, 1.54) is 45.4 Å². The third-order valence-electron chi connectivity index (χ3n) is 8.18. The number of rotatable bonds is 7. The molecule has 0 amide bonds. The minimum absolute atomic E-state index is 0.265. The van der Waals surface area contributed by atoms with Gasteiger partial charge < -0.3 is 4.98 Å².